The fraction of sp³-hybridized carbons (Fsp3) is 0.250. The van der Waals surface area contributed by atoms with Crippen molar-refractivity contribution in [2.75, 3.05) is 0 Å². The number of aliphatic imine (C=N–C) groups is 1. The van der Waals surface area contributed by atoms with Crippen LogP contribution >= 0.6 is 0 Å². The average Bonchev–Trinajstić information content (AvgIpc) is 1.97. The van der Waals surface area contributed by atoms with Crippen LogP contribution < -0.4 is 0 Å². The largest absolute Gasteiger partial charge is 0.481 e. The quantitative estimate of drug-likeness (QED) is 0.482. The van der Waals surface area contributed by atoms with E-state index < -0.39 is 5.97 Å². The number of carboxylic acids is 1. The third-order valence-electron chi connectivity index (χ3n) is 1.15. The highest BCUT2D eigenvalue weighted by Crippen LogP contribution is 2.05. The summed E-state index contributed by atoms with van der Waals surface area (Å²) < 4.78 is 0. The number of carboxylic acid groups (broad SMARTS) is 1. The first-order valence-corrected chi connectivity index (χ1v) is 3.19. The lowest BCUT2D eigenvalue weighted by molar-refractivity contribution is -0.136. The van der Waals surface area contributed by atoms with Gasteiger partial charge < -0.3 is 5.11 Å². The van der Waals surface area contributed by atoms with Crippen LogP contribution in [0.1, 0.15) is 12.8 Å². The molecule has 0 aliphatic rings. The zero-order valence-corrected chi connectivity index (χ0v) is 6.29. The summed E-state index contributed by atoms with van der Waals surface area (Å²) in [5, 5.41) is 8.32. The van der Waals surface area contributed by atoms with E-state index in [-0.39, 0.29) is 6.42 Å². The van der Waals surface area contributed by atoms with Gasteiger partial charge in [-0.15, -0.1) is 0 Å². The van der Waals surface area contributed by atoms with E-state index in [9.17, 15) is 4.79 Å². The summed E-state index contributed by atoms with van der Waals surface area (Å²) in [4.78, 5) is 13.6. The van der Waals surface area contributed by atoms with E-state index in [0.717, 1.165) is 5.57 Å². The van der Waals surface area contributed by atoms with Crippen molar-refractivity contribution in [3.05, 3.63) is 24.4 Å². The average molecular weight is 153 g/mol. The van der Waals surface area contributed by atoms with Crippen LogP contribution in [0.2, 0.25) is 0 Å². The number of hydrogen-bond acceptors (Lipinski definition) is 2. The highest BCUT2D eigenvalue weighted by atomic mass is 16.4. The predicted molar refractivity (Wildman–Crippen MR) is 44.7 cm³/mol. The Hall–Kier alpha value is -1.38. The van der Waals surface area contributed by atoms with Gasteiger partial charge in [0.05, 0.1) is 0 Å². The van der Waals surface area contributed by atoms with E-state index in [1.807, 2.05) is 0 Å². The van der Waals surface area contributed by atoms with Crippen LogP contribution in [0.15, 0.2) is 29.4 Å². The Morgan fingerprint density at radius 3 is 2.55 bits per heavy atom. The maximum Gasteiger partial charge on any atom is 0.303 e. The highest BCUT2D eigenvalue weighted by molar-refractivity contribution is 5.67. The van der Waals surface area contributed by atoms with Gasteiger partial charge in [0.15, 0.2) is 0 Å². The minimum absolute atomic E-state index is 0.105. The van der Waals surface area contributed by atoms with Crippen molar-refractivity contribution in [3.63, 3.8) is 0 Å². The van der Waals surface area contributed by atoms with E-state index in [1.54, 1.807) is 6.08 Å². The van der Waals surface area contributed by atoms with Crippen molar-refractivity contribution in [2.45, 2.75) is 12.8 Å². The Morgan fingerprint density at radius 1 is 1.55 bits per heavy atom. The topological polar surface area (TPSA) is 49.7 Å². The summed E-state index contributed by atoms with van der Waals surface area (Å²) in [5.41, 5.74) is 0.794. The number of rotatable bonds is 5. The number of aliphatic carboxylic acids is 1. The molecule has 0 aromatic rings. The van der Waals surface area contributed by atoms with E-state index >= 15 is 0 Å². The van der Waals surface area contributed by atoms with Crippen molar-refractivity contribution < 1.29 is 9.90 Å². The number of hydrogen-bond donors (Lipinski definition) is 1. The first-order chi connectivity index (χ1) is 5.20. The third kappa shape index (κ3) is 5.08. The second-order valence-electron chi connectivity index (χ2n) is 1.98. The standard InChI is InChI=1S/C8H11NO2/c1-3-7(6-9-2)4-5-8(10)11/h3,6H,1-2,4-5H2,(H,10,11)/b7-6+. The minimum Gasteiger partial charge on any atom is -0.481 e. The Morgan fingerprint density at radius 2 is 2.18 bits per heavy atom. The monoisotopic (exact) mass is 153 g/mol. The van der Waals surface area contributed by atoms with Gasteiger partial charge in [-0.25, -0.2) is 0 Å². The third-order valence-corrected chi connectivity index (χ3v) is 1.15. The molecule has 0 atom stereocenters. The van der Waals surface area contributed by atoms with Gasteiger partial charge in [-0.2, -0.15) is 0 Å². The van der Waals surface area contributed by atoms with Crippen LogP contribution in [-0.4, -0.2) is 17.8 Å². The van der Waals surface area contributed by atoms with Crippen molar-refractivity contribution in [1.29, 1.82) is 0 Å². The SMILES string of the molecule is C=C/C(=C\N=C)CCC(=O)O. The molecule has 0 unspecified atom stereocenters. The van der Waals surface area contributed by atoms with Gasteiger partial charge in [-0.05, 0) is 18.7 Å². The van der Waals surface area contributed by atoms with Crippen molar-refractivity contribution >= 4 is 12.7 Å². The maximum absolute atomic E-state index is 10.1. The Balaban J connectivity index is 3.88. The van der Waals surface area contributed by atoms with Crippen LogP contribution in [0, 0.1) is 0 Å². The summed E-state index contributed by atoms with van der Waals surface area (Å²) in [5.74, 6) is -0.818. The van der Waals surface area contributed by atoms with Gasteiger partial charge in [0.2, 0.25) is 0 Å². The number of allylic oxidation sites excluding steroid dienone is 2. The second kappa shape index (κ2) is 5.41. The molecule has 0 fully saturated rings. The smallest absolute Gasteiger partial charge is 0.303 e. The molecule has 3 heteroatoms. The fourth-order valence-electron chi connectivity index (χ4n) is 0.588. The Kier molecular flexibility index (Phi) is 4.73. The number of nitrogens with zero attached hydrogens (tertiary/aromatic N) is 1. The molecule has 1 N–H and O–H groups in total. The fourth-order valence-corrected chi connectivity index (χ4v) is 0.588. The first-order valence-electron chi connectivity index (χ1n) is 3.19. The molecule has 0 radical (unpaired) electrons. The van der Waals surface area contributed by atoms with Gasteiger partial charge in [0, 0.05) is 12.6 Å². The van der Waals surface area contributed by atoms with Gasteiger partial charge >= 0.3 is 5.97 Å². The van der Waals surface area contributed by atoms with E-state index in [0.29, 0.717) is 6.42 Å². The van der Waals surface area contributed by atoms with E-state index in [2.05, 4.69) is 18.3 Å². The normalized spacial score (nSPS) is 10.7. The minimum atomic E-state index is -0.818. The van der Waals surface area contributed by atoms with Gasteiger partial charge in [-0.3, -0.25) is 9.79 Å². The lowest BCUT2D eigenvalue weighted by Gasteiger charge is -1.95. The summed E-state index contributed by atoms with van der Waals surface area (Å²) in [6.07, 6.45) is 3.65. The van der Waals surface area contributed by atoms with Crippen molar-refractivity contribution in [3.8, 4) is 0 Å². The second-order valence-corrected chi connectivity index (χ2v) is 1.98. The summed E-state index contributed by atoms with van der Waals surface area (Å²) in [7, 11) is 0. The highest BCUT2D eigenvalue weighted by Gasteiger charge is 1.97. The molecule has 0 saturated heterocycles. The molecule has 0 spiro atoms. The van der Waals surface area contributed by atoms with Crippen LogP contribution in [0.25, 0.3) is 0 Å². The molecule has 0 aliphatic carbocycles. The summed E-state index contributed by atoms with van der Waals surface area (Å²) in [6.45, 7) is 6.76. The van der Waals surface area contributed by atoms with E-state index in [1.165, 1.54) is 6.20 Å². The molecule has 0 aromatic heterocycles. The molecule has 11 heavy (non-hydrogen) atoms. The molecular weight excluding hydrogens is 142 g/mol. The van der Waals surface area contributed by atoms with Gasteiger partial charge in [0.1, 0.15) is 0 Å². The summed E-state index contributed by atoms with van der Waals surface area (Å²) in [6, 6.07) is 0. The van der Waals surface area contributed by atoms with Crippen LogP contribution in [0.3, 0.4) is 0 Å². The lowest BCUT2D eigenvalue weighted by Crippen LogP contribution is -1.94. The molecule has 3 nitrogen and oxygen atoms in total. The molecule has 0 heterocycles. The molecule has 0 aliphatic heterocycles. The molecule has 0 bridgehead atoms. The van der Waals surface area contributed by atoms with Gasteiger partial charge in [-0.1, -0.05) is 12.7 Å². The van der Waals surface area contributed by atoms with Crippen LogP contribution in [-0.2, 0) is 4.79 Å². The van der Waals surface area contributed by atoms with Crippen molar-refractivity contribution in [2.24, 2.45) is 4.99 Å². The van der Waals surface area contributed by atoms with Gasteiger partial charge in [0.25, 0.3) is 0 Å². The number of carbonyl (C=O) groups is 1. The van der Waals surface area contributed by atoms with Crippen molar-refractivity contribution in [1.82, 2.24) is 0 Å². The molecule has 0 rings (SSSR count). The summed E-state index contributed by atoms with van der Waals surface area (Å²) >= 11 is 0. The van der Waals surface area contributed by atoms with Crippen LogP contribution in [0.4, 0.5) is 0 Å². The first kappa shape index (κ1) is 9.62. The zero-order chi connectivity index (χ0) is 8.69. The lowest BCUT2D eigenvalue weighted by atomic mass is 10.1. The predicted octanol–water partition coefficient (Wildman–Crippen LogP) is 1.62. The van der Waals surface area contributed by atoms with Crippen LogP contribution in [0.5, 0.6) is 0 Å². The molecular formula is C8H11NO2. The molecule has 0 aromatic carbocycles. The maximum atomic E-state index is 10.1. The Bertz CT molecular complexity index is 194. The molecule has 0 amide bonds. The van der Waals surface area contributed by atoms with E-state index in [4.69, 9.17) is 5.11 Å². The zero-order valence-electron chi connectivity index (χ0n) is 6.29. The molecule has 60 valence electrons. The molecule has 0 saturated carbocycles. The Labute approximate surface area is 65.8 Å².